The normalized spacial score (nSPS) is 16.8. The molecule has 11 heteroatoms. The number of benzene rings is 2. The van der Waals surface area contributed by atoms with Crippen molar-refractivity contribution in [2.75, 3.05) is 37.7 Å². The first-order valence-corrected chi connectivity index (χ1v) is 13.2. The Morgan fingerprint density at radius 3 is 2.49 bits per heavy atom. The van der Waals surface area contributed by atoms with E-state index < -0.39 is 11.1 Å². The highest BCUT2D eigenvalue weighted by molar-refractivity contribution is 8.18. The molecule has 0 radical (unpaired) electrons. The summed E-state index contributed by atoms with van der Waals surface area (Å²) < 4.78 is 7.26. The number of aromatic nitrogens is 1. The maximum absolute atomic E-state index is 13.0. The van der Waals surface area contributed by atoms with E-state index in [0.29, 0.717) is 48.8 Å². The molecule has 0 bridgehead atoms. The number of thioether (sulfide) groups is 1. The lowest BCUT2D eigenvalue weighted by Gasteiger charge is -2.28. The number of amides is 2. The Morgan fingerprint density at radius 1 is 1.08 bits per heavy atom. The Kier molecular flexibility index (Phi) is 7.36. The maximum Gasteiger partial charge on any atom is 0.294 e. The number of aryl methyl sites for hydroxylation is 1. The Bertz CT molecular complexity index is 1510. The van der Waals surface area contributed by atoms with Crippen molar-refractivity contribution < 1.29 is 24.0 Å². The molecule has 5 rings (SSSR count). The molecule has 1 aromatic heterocycles. The van der Waals surface area contributed by atoms with Gasteiger partial charge in [-0.3, -0.25) is 29.4 Å². The first-order chi connectivity index (χ1) is 18.7. The predicted octanol–water partition coefficient (Wildman–Crippen LogP) is 4.76. The van der Waals surface area contributed by atoms with Gasteiger partial charge in [-0.1, -0.05) is 30.3 Å². The summed E-state index contributed by atoms with van der Waals surface area (Å²) in [6.45, 7) is 5.59. The summed E-state index contributed by atoms with van der Waals surface area (Å²) in [6, 6.07) is 15.5. The number of hydrogen-bond acceptors (Lipinski definition) is 8. The third-order valence-corrected chi connectivity index (χ3v) is 7.70. The summed E-state index contributed by atoms with van der Waals surface area (Å²) in [6.07, 6.45) is 1.63. The average Bonchev–Trinajstić information content (AvgIpc) is 3.37. The zero-order chi connectivity index (χ0) is 27.7. The van der Waals surface area contributed by atoms with Crippen LogP contribution in [0.25, 0.3) is 11.8 Å². The average molecular weight is 547 g/mol. The molecule has 200 valence electrons. The quantitative estimate of drug-likeness (QED) is 0.180. The molecule has 0 spiro atoms. The molecule has 39 heavy (non-hydrogen) atoms. The summed E-state index contributed by atoms with van der Waals surface area (Å²) in [5.41, 5.74) is 3.87. The largest absolute Gasteiger partial charge is 0.378 e. The summed E-state index contributed by atoms with van der Waals surface area (Å²) in [5, 5.41) is 11.4. The minimum Gasteiger partial charge on any atom is -0.378 e. The van der Waals surface area contributed by atoms with Crippen molar-refractivity contribution in [1.82, 2.24) is 9.47 Å². The molecular formula is C28H26N4O6S. The first kappa shape index (κ1) is 26.4. The summed E-state index contributed by atoms with van der Waals surface area (Å²) >= 11 is 0.790. The summed E-state index contributed by atoms with van der Waals surface area (Å²) in [4.78, 5) is 52.9. The van der Waals surface area contributed by atoms with E-state index >= 15 is 0 Å². The van der Waals surface area contributed by atoms with Gasteiger partial charge in [0.1, 0.15) is 5.69 Å². The van der Waals surface area contributed by atoms with Crippen LogP contribution >= 0.6 is 11.8 Å². The number of nitro benzene ring substituents is 1. The SMILES string of the molecule is Cc1cc(/C=C2\SC(=O)N(CC(=O)c3ccccc3)C2=O)c(C)n1-c1ccc(N2CCOCC2)c([N+](=O)[O-])c1. The molecule has 0 N–H and O–H groups in total. The summed E-state index contributed by atoms with van der Waals surface area (Å²) in [7, 11) is 0. The highest BCUT2D eigenvalue weighted by atomic mass is 32.2. The molecule has 0 aliphatic carbocycles. The molecule has 2 aliphatic heterocycles. The van der Waals surface area contributed by atoms with E-state index in [4.69, 9.17) is 4.74 Å². The van der Waals surface area contributed by atoms with Gasteiger partial charge in [0.05, 0.1) is 35.3 Å². The molecule has 2 fully saturated rings. The zero-order valence-corrected chi connectivity index (χ0v) is 22.3. The van der Waals surface area contributed by atoms with Crippen molar-refractivity contribution in [1.29, 1.82) is 0 Å². The second kappa shape index (κ2) is 10.9. The molecule has 0 unspecified atom stereocenters. The fourth-order valence-corrected chi connectivity index (χ4v) is 5.67. The molecule has 3 aromatic rings. The topological polar surface area (TPSA) is 115 Å². The number of Topliss-reactive ketones (excluding diaryl/α,β-unsaturated/α-hetero) is 1. The standard InChI is InChI=1S/C28H26N4O6S/c1-18-14-21(15-26-27(34)30(28(35)39-26)17-25(33)20-6-4-3-5-7-20)19(2)31(18)22-8-9-23(24(16-22)32(36)37)29-10-12-38-13-11-29/h3-9,14-16H,10-13,17H2,1-2H3/b26-15-. The molecule has 0 atom stereocenters. The Labute approximate surface area is 229 Å². The number of rotatable bonds is 7. The molecule has 0 saturated carbocycles. The Hall–Kier alpha value is -4.22. The second-order valence-corrected chi connectivity index (χ2v) is 10.2. The van der Waals surface area contributed by atoms with Gasteiger partial charge in [0, 0.05) is 36.1 Å². The fraction of sp³-hybridized carbons (Fsp3) is 0.250. The van der Waals surface area contributed by atoms with Crippen molar-refractivity contribution in [3.8, 4) is 5.69 Å². The van der Waals surface area contributed by atoms with Gasteiger partial charge in [-0.05, 0) is 55.4 Å². The van der Waals surface area contributed by atoms with Crippen molar-refractivity contribution in [3.63, 3.8) is 0 Å². The van der Waals surface area contributed by atoms with Gasteiger partial charge in [-0.2, -0.15) is 0 Å². The molecule has 2 aromatic carbocycles. The number of hydrogen-bond donors (Lipinski definition) is 0. The number of imide groups is 1. The molecule has 2 saturated heterocycles. The van der Waals surface area contributed by atoms with Gasteiger partial charge < -0.3 is 14.2 Å². The van der Waals surface area contributed by atoms with Crippen LogP contribution < -0.4 is 4.90 Å². The number of nitrogens with zero attached hydrogens (tertiary/aromatic N) is 4. The van der Waals surface area contributed by atoms with Crippen LogP contribution in [0.15, 0.2) is 59.5 Å². The number of nitro groups is 1. The fourth-order valence-electron chi connectivity index (χ4n) is 4.84. The van der Waals surface area contributed by atoms with E-state index in [1.54, 1.807) is 48.5 Å². The smallest absolute Gasteiger partial charge is 0.294 e. The highest BCUT2D eigenvalue weighted by Crippen LogP contribution is 2.36. The molecule has 10 nitrogen and oxygen atoms in total. The first-order valence-electron chi connectivity index (χ1n) is 12.4. The van der Waals surface area contributed by atoms with Crippen molar-refractivity contribution in [3.05, 3.63) is 92.1 Å². The van der Waals surface area contributed by atoms with E-state index in [-0.39, 0.29) is 27.8 Å². The van der Waals surface area contributed by atoms with Crippen LogP contribution in [0.3, 0.4) is 0 Å². The Balaban J connectivity index is 1.42. The highest BCUT2D eigenvalue weighted by Gasteiger charge is 2.36. The van der Waals surface area contributed by atoms with Gasteiger partial charge in [-0.15, -0.1) is 0 Å². The lowest BCUT2D eigenvalue weighted by atomic mass is 10.1. The minimum absolute atomic E-state index is 0.00709. The lowest BCUT2D eigenvalue weighted by molar-refractivity contribution is -0.384. The van der Waals surface area contributed by atoms with Gasteiger partial charge >= 0.3 is 0 Å². The van der Waals surface area contributed by atoms with Crippen molar-refractivity contribution in [2.24, 2.45) is 0 Å². The molecule has 3 heterocycles. The molecule has 2 aliphatic rings. The lowest BCUT2D eigenvalue weighted by Crippen LogP contribution is -2.36. The van der Waals surface area contributed by atoms with Crippen molar-refractivity contribution in [2.45, 2.75) is 13.8 Å². The predicted molar refractivity (Wildman–Crippen MR) is 148 cm³/mol. The van der Waals surface area contributed by atoms with Gasteiger partial charge in [-0.25, -0.2) is 0 Å². The van der Waals surface area contributed by atoms with E-state index in [1.807, 2.05) is 35.4 Å². The van der Waals surface area contributed by atoms with Crippen molar-refractivity contribution >= 4 is 46.1 Å². The number of ether oxygens (including phenoxy) is 1. The zero-order valence-electron chi connectivity index (χ0n) is 21.5. The van der Waals surface area contributed by atoms with Crippen LogP contribution in [0.4, 0.5) is 16.2 Å². The maximum atomic E-state index is 13.0. The molecular weight excluding hydrogens is 520 g/mol. The number of ketones is 1. The van der Waals surface area contributed by atoms with Crippen LogP contribution in [0, 0.1) is 24.0 Å². The van der Waals surface area contributed by atoms with E-state index in [2.05, 4.69) is 0 Å². The van der Waals surface area contributed by atoms with Gasteiger partial charge in [0.15, 0.2) is 5.78 Å². The van der Waals surface area contributed by atoms with Gasteiger partial charge in [0.25, 0.3) is 16.8 Å². The second-order valence-electron chi connectivity index (χ2n) is 9.25. The third-order valence-electron chi connectivity index (χ3n) is 6.79. The Morgan fingerprint density at radius 2 is 1.79 bits per heavy atom. The third kappa shape index (κ3) is 5.23. The van der Waals surface area contributed by atoms with Crippen LogP contribution in [0.5, 0.6) is 0 Å². The van der Waals surface area contributed by atoms with Gasteiger partial charge in [0.2, 0.25) is 0 Å². The van der Waals surface area contributed by atoms with Crippen LogP contribution in [0.2, 0.25) is 0 Å². The van der Waals surface area contributed by atoms with E-state index in [1.165, 1.54) is 0 Å². The minimum atomic E-state index is -0.524. The van der Waals surface area contributed by atoms with Crippen LogP contribution in [0.1, 0.15) is 27.3 Å². The number of anilines is 1. The van der Waals surface area contributed by atoms with E-state index in [0.717, 1.165) is 28.0 Å². The summed E-state index contributed by atoms with van der Waals surface area (Å²) in [5.74, 6) is -0.843. The monoisotopic (exact) mass is 546 g/mol. The van der Waals surface area contributed by atoms with E-state index in [9.17, 15) is 24.5 Å². The number of carbonyl (C=O) groups is 3. The van der Waals surface area contributed by atoms with Crippen LogP contribution in [-0.2, 0) is 9.53 Å². The number of morpholine rings is 1. The number of carbonyl (C=O) groups excluding carboxylic acids is 3. The van der Waals surface area contributed by atoms with Crippen LogP contribution in [-0.4, -0.2) is 64.2 Å². The molecule has 2 amide bonds.